The van der Waals surface area contributed by atoms with Crippen LogP contribution in [0.15, 0.2) is 0 Å². The predicted octanol–water partition coefficient (Wildman–Crippen LogP) is 3.88. The van der Waals surface area contributed by atoms with Gasteiger partial charge in [0, 0.05) is 19.3 Å². The van der Waals surface area contributed by atoms with Crippen LogP contribution >= 0.6 is 11.8 Å². The van der Waals surface area contributed by atoms with Gasteiger partial charge >= 0.3 is 5.97 Å². The van der Waals surface area contributed by atoms with Gasteiger partial charge in [0.15, 0.2) is 11.9 Å². The molecule has 4 saturated heterocycles. The second-order valence-corrected chi connectivity index (χ2v) is 10.0. The number of hydrogen-bond donors (Lipinski definition) is 0. The minimum absolute atomic E-state index is 0.0589. The van der Waals surface area contributed by atoms with Crippen LogP contribution in [0.25, 0.3) is 0 Å². The zero-order chi connectivity index (χ0) is 19.2. The highest BCUT2D eigenvalue weighted by Crippen LogP contribution is 2.61. The average molecular weight is 401 g/mol. The summed E-state index contributed by atoms with van der Waals surface area (Å²) < 4.78 is 17.9. The van der Waals surface area contributed by atoms with Crippen LogP contribution < -0.4 is 0 Å². The highest BCUT2D eigenvalue weighted by atomic mass is 32.2. The van der Waals surface area contributed by atoms with Crippen molar-refractivity contribution in [2.45, 2.75) is 82.9 Å². The Labute approximate surface area is 165 Å². The van der Waals surface area contributed by atoms with E-state index in [0.717, 1.165) is 31.4 Å². The number of fused-ring (bicyclic) bond motifs is 2. The van der Waals surface area contributed by atoms with Gasteiger partial charge in [0.2, 0.25) is 5.79 Å². The number of carbonyl (C=O) groups excluding carboxylic acids is 1. The quantitative estimate of drug-likeness (QED) is 0.394. The molecule has 0 aromatic carbocycles. The summed E-state index contributed by atoms with van der Waals surface area (Å²) in [5.74, 6) is 1.66. The van der Waals surface area contributed by atoms with E-state index < -0.39 is 11.4 Å². The van der Waals surface area contributed by atoms with Crippen molar-refractivity contribution in [3.05, 3.63) is 0 Å². The van der Waals surface area contributed by atoms with Crippen LogP contribution in [0.3, 0.4) is 0 Å². The maximum Gasteiger partial charge on any atom is 0.302 e. The largest absolute Gasteiger partial charge is 0.466 e. The molecule has 2 bridgehead atoms. The van der Waals surface area contributed by atoms with Crippen molar-refractivity contribution in [2.24, 2.45) is 23.7 Å². The lowest BCUT2D eigenvalue weighted by Gasteiger charge is -2.60. The topological polar surface area (TPSA) is 63.2 Å². The van der Waals surface area contributed by atoms with Crippen molar-refractivity contribution in [2.75, 3.05) is 12.4 Å². The molecule has 0 amide bonds. The number of ether oxygens (including phenoxy) is 3. The minimum Gasteiger partial charge on any atom is -0.466 e. The van der Waals surface area contributed by atoms with E-state index in [1.165, 1.54) is 13.3 Å². The number of rotatable bonds is 5. The van der Waals surface area contributed by atoms with Crippen LogP contribution in [-0.2, 0) is 28.8 Å². The molecule has 1 spiro atoms. The Bertz CT molecular complexity index is 573. The Morgan fingerprint density at radius 1 is 1.19 bits per heavy atom. The Kier molecular flexibility index (Phi) is 5.53. The molecule has 0 unspecified atom stereocenters. The standard InChI is InChI=1S/C20H32O6S/c1-12-6-7-16-13(2)17(27-11-5-10-22-14(3)21)23-18-20(16)15(12)8-9-19(4,24-18)25-26-20/h12-13,15-18H,5-11H2,1-4H3/t12-,13-,15+,16+,17+,18-,19+,20-/m1/s1. The van der Waals surface area contributed by atoms with Gasteiger partial charge in [-0.15, -0.1) is 11.8 Å². The number of carbonyl (C=O) groups is 1. The number of thioether (sulfide) groups is 1. The third-order valence-electron chi connectivity index (χ3n) is 6.97. The summed E-state index contributed by atoms with van der Waals surface area (Å²) in [7, 11) is 0. The van der Waals surface area contributed by atoms with Gasteiger partial charge in [-0.3, -0.25) is 4.79 Å². The molecular weight excluding hydrogens is 368 g/mol. The van der Waals surface area contributed by atoms with E-state index in [0.29, 0.717) is 30.3 Å². The molecule has 1 aliphatic carbocycles. The third kappa shape index (κ3) is 3.44. The molecule has 7 heteroatoms. The van der Waals surface area contributed by atoms with Gasteiger partial charge in [-0.2, -0.15) is 0 Å². The van der Waals surface area contributed by atoms with Crippen molar-refractivity contribution < 1.29 is 28.8 Å². The molecule has 5 rings (SSSR count). The van der Waals surface area contributed by atoms with Crippen molar-refractivity contribution in [1.29, 1.82) is 0 Å². The van der Waals surface area contributed by atoms with Crippen molar-refractivity contribution in [3.8, 4) is 0 Å². The highest BCUT2D eigenvalue weighted by Gasteiger charge is 2.69. The predicted molar refractivity (Wildman–Crippen MR) is 101 cm³/mol. The summed E-state index contributed by atoms with van der Waals surface area (Å²) in [4.78, 5) is 22.9. The van der Waals surface area contributed by atoms with E-state index in [4.69, 9.17) is 24.0 Å². The van der Waals surface area contributed by atoms with Gasteiger partial charge in [-0.1, -0.05) is 13.8 Å². The Morgan fingerprint density at radius 3 is 2.78 bits per heavy atom. The molecule has 5 aliphatic rings. The summed E-state index contributed by atoms with van der Waals surface area (Å²) in [6.07, 6.45) is 4.68. The van der Waals surface area contributed by atoms with E-state index in [9.17, 15) is 4.79 Å². The molecule has 0 aromatic rings. The molecule has 4 aliphatic heterocycles. The van der Waals surface area contributed by atoms with E-state index in [-0.39, 0.29) is 17.7 Å². The SMILES string of the molecule is CC(=O)OCCCS[C@@H]1O[C@@H]2O[C@]3(C)CC[C@H]4[C@H](C)CC[C@@H]([C@H]1C)[C@@]24OO3. The zero-order valence-electron chi connectivity index (χ0n) is 16.8. The first-order valence-electron chi connectivity index (χ1n) is 10.3. The average Bonchev–Trinajstić information content (AvgIpc) is 2.84. The maximum absolute atomic E-state index is 10.9. The summed E-state index contributed by atoms with van der Waals surface area (Å²) in [5, 5.41) is 0. The lowest BCUT2D eigenvalue weighted by atomic mass is 9.58. The molecule has 5 fully saturated rings. The van der Waals surface area contributed by atoms with Crippen molar-refractivity contribution in [3.63, 3.8) is 0 Å². The molecule has 1 saturated carbocycles. The lowest BCUT2D eigenvalue weighted by Crippen LogP contribution is -2.70. The monoisotopic (exact) mass is 400 g/mol. The summed E-state index contributed by atoms with van der Waals surface area (Å²) >= 11 is 1.80. The summed E-state index contributed by atoms with van der Waals surface area (Å²) in [6, 6.07) is 0. The van der Waals surface area contributed by atoms with E-state index in [1.807, 2.05) is 6.92 Å². The van der Waals surface area contributed by atoms with E-state index in [2.05, 4.69) is 13.8 Å². The first kappa shape index (κ1) is 20.0. The van der Waals surface area contributed by atoms with E-state index >= 15 is 0 Å². The number of esters is 1. The second-order valence-electron chi connectivity index (χ2n) is 8.84. The Hall–Kier alpha value is -0.340. The first-order chi connectivity index (χ1) is 12.9. The van der Waals surface area contributed by atoms with Gasteiger partial charge in [-0.25, -0.2) is 9.78 Å². The van der Waals surface area contributed by atoms with Crippen molar-refractivity contribution >= 4 is 17.7 Å². The minimum atomic E-state index is -0.720. The lowest BCUT2D eigenvalue weighted by molar-refractivity contribution is -0.568. The highest BCUT2D eigenvalue weighted by molar-refractivity contribution is 7.99. The fourth-order valence-corrected chi connectivity index (χ4v) is 6.73. The molecular formula is C20H32O6S. The molecule has 4 heterocycles. The molecule has 6 nitrogen and oxygen atoms in total. The van der Waals surface area contributed by atoms with Crippen molar-refractivity contribution in [1.82, 2.24) is 0 Å². The molecule has 27 heavy (non-hydrogen) atoms. The van der Waals surface area contributed by atoms with Gasteiger partial charge in [-0.05, 0) is 56.1 Å². The summed E-state index contributed by atoms with van der Waals surface area (Å²) in [5.41, 5.74) is -0.425. The first-order valence-corrected chi connectivity index (χ1v) is 11.4. The fraction of sp³-hybridized carbons (Fsp3) is 0.950. The smallest absolute Gasteiger partial charge is 0.302 e. The van der Waals surface area contributed by atoms with Crippen LogP contribution in [0.2, 0.25) is 0 Å². The van der Waals surface area contributed by atoms with Crippen LogP contribution in [0.4, 0.5) is 0 Å². The second kappa shape index (κ2) is 7.48. The van der Waals surface area contributed by atoms with Crippen LogP contribution in [0.1, 0.15) is 59.8 Å². The zero-order valence-corrected chi connectivity index (χ0v) is 17.6. The van der Waals surface area contributed by atoms with Crippen LogP contribution in [-0.4, -0.2) is 41.4 Å². The summed E-state index contributed by atoms with van der Waals surface area (Å²) in [6.45, 7) is 8.47. The molecule has 0 N–H and O–H groups in total. The Morgan fingerprint density at radius 2 is 2.00 bits per heavy atom. The number of hydrogen-bond acceptors (Lipinski definition) is 7. The molecule has 0 radical (unpaired) electrons. The fourth-order valence-electron chi connectivity index (χ4n) is 5.54. The maximum atomic E-state index is 10.9. The molecule has 154 valence electrons. The Balaban J connectivity index is 1.49. The van der Waals surface area contributed by atoms with E-state index in [1.54, 1.807) is 11.8 Å². The van der Waals surface area contributed by atoms with Gasteiger partial charge < -0.3 is 14.2 Å². The third-order valence-corrected chi connectivity index (χ3v) is 8.37. The van der Waals surface area contributed by atoms with Crippen LogP contribution in [0, 0.1) is 23.7 Å². The van der Waals surface area contributed by atoms with Gasteiger partial charge in [0.25, 0.3) is 0 Å². The van der Waals surface area contributed by atoms with Gasteiger partial charge in [0.1, 0.15) is 5.44 Å². The van der Waals surface area contributed by atoms with Crippen LogP contribution in [0.5, 0.6) is 0 Å². The van der Waals surface area contributed by atoms with Gasteiger partial charge in [0.05, 0.1) is 6.61 Å². The normalized spacial score (nSPS) is 48.6. The molecule has 0 aromatic heterocycles. The molecule has 8 atom stereocenters.